The first kappa shape index (κ1) is 13.8. The number of rotatable bonds is 2. The highest BCUT2D eigenvalue weighted by molar-refractivity contribution is 6.71. The Bertz CT molecular complexity index is 270. The second kappa shape index (κ2) is 5.59. The molecular weight excluding hydrogens is 216 g/mol. The topological polar surface area (TPSA) is 77.3 Å². The van der Waals surface area contributed by atoms with Gasteiger partial charge in [-0.05, 0) is 33.5 Å². The van der Waals surface area contributed by atoms with E-state index in [1.54, 1.807) is 13.8 Å². The van der Waals surface area contributed by atoms with Gasteiger partial charge >= 0.3 is 12.2 Å². The van der Waals surface area contributed by atoms with E-state index >= 15 is 0 Å². The van der Waals surface area contributed by atoms with Gasteiger partial charge < -0.3 is 9.16 Å². The average Bonchev–Trinajstić information content (AvgIpc) is 1.96. The van der Waals surface area contributed by atoms with Crippen LogP contribution in [0.1, 0.15) is 13.8 Å². The van der Waals surface area contributed by atoms with Gasteiger partial charge in [-0.1, -0.05) is 10.2 Å². The number of azo groups is 1. The first-order valence-corrected chi connectivity index (χ1v) is 7.97. The molecule has 0 aliphatic carbocycles. The largest absolute Gasteiger partial charge is 0.502 e. The second-order valence-electron chi connectivity index (χ2n) is 4.11. The maximum Gasteiger partial charge on any atom is 0.452 e. The summed E-state index contributed by atoms with van der Waals surface area (Å²) in [5, 5.41) is 6.15. The van der Waals surface area contributed by atoms with Crippen molar-refractivity contribution in [3.63, 3.8) is 0 Å². The van der Waals surface area contributed by atoms with Crippen LogP contribution in [0.4, 0.5) is 9.59 Å². The highest BCUT2D eigenvalue weighted by atomic mass is 28.4. The Hall–Kier alpha value is -1.24. The lowest BCUT2D eigenvalue weighted by molar-refractivity contribution is 0.123. The summed E-state index contributed by atoms with van der Waals surface area (Å²) >= 11 is 0. The highest BCUT2D eigenvalue weighted by Gasteiger charge is 2.19. The van der Waals surface area contributed by atoms with Crippen LogP contribution in [0.3, 0.4) is 0 Å². The average molecular weight is 232 g/mol. The molecule has 0 fully saturated rings. The standard InChI is InChI=1S/C8H16N2O4Si/c1-6(2)13-7(11)9-10-8(12)14-15(3,4)5/h6H,1-5H3/b10-9+. The molecule has 2 amide bonds. The summed E-state index contributed by atoms with van der Waals surface area (Å²) in [6.45, 7) is 8.83. The van der Waals surface area contributed by atoms with Crippen molar-refractivity contribution in [2.45, 2.75) is 39.6 Å². The van der Waals surface area contributed by atoms with Crippen LogP contribution in [0.5, 0.6) is 0 Å². The summed E-state index contributed by atoms with van der Waals surface area (Å²) in [7, 11) is -1.98. The van der Waals surface area contributed by atoms with Crippen LogP contribution in [0.2, 0.25) is 19.6 Å². The molecule has 0 heterocycles. The fourth-order valence-corrected chi connectivity index (χ4v) is 1.15. The molecule has 0 rings (SSSR count). The maximum absolute atomic E-state index is 11.0. The van der Waals surface area contributed by atoms with Crippen molar-refractivity contribution in [1.29, 1.82) is 0 Å². The third kappa shape index (κ3) is 9.07. The summed E-state index contributed by atoms with van der Waals surface area (Å²) in [4.78, 5) is 21.8. The van der Waals surface area contributed by atoms with Crippen molar-refractivity contribution in [3.05, 3.63) is 0 Å². The molecule has 0 aromatic rings. The molecule has 0 aliphatic rings. The van der Waals surface area contributed by atoms with Crippen LogP contribution in [0, 0.1) is 0 Å². The zero-order valence-electron chi connectivity index (χ0n) is 9.60. The van der Waals surface area contributed by atoms with Gasteiger partial charge in [-0.3, -0.25) is 0 Å². The Morgan fingerprint density at radius 1 is 1.07 bits per heavy atom. The summed E-state index contributed by atoms with van der Waals surface area (Å²) in [5.74, 6) is 0. The van der Waals surface area contributed by atoms with Crippen LogP contribution in [-0.4, -0.2) is 26.6 Å². The molecule has 0 saturated carbocycles. The molecule has 0 aromatic carbocycles. The molecule has 0 aliphatic heterocycles. The third-order valence-electron chi connectivity index (χ3n) is 0.943. The van der Waals surface area contributed by atoms with Crippen molar-refractivity contribution in [2.75, 3.05) is 0 Å². The molecule has 86 valence electrons. The number of amides is 2. The van der Waals surface area contributed by atoms with Crippen LogP contribution >= 0.6 is 0 Å². The molecule has 7 heteroatoms. The molecule has 0 atom stereocenters. The zero-order valence-corrected chi connectivity index (χ0v) is 10.6. The molecule has 0 N–H and O–H groups in total. The van der Waals surface area contributed by atoms with Crippen molar-refractivity contribution in [2.24, 2.45) is 10.2 Å². The van der Waals surface area contributed by atoms with Gasteiger partial charge in [-0.15, -0.1) is 0 Å². The first-order valence-electron chi connectivity index (χ1n) is 4.56. The summed E-state index contributed by atoms with van der Waals surface area (Å²) in [6, 6.07) is 0. The fourth-order valence-electron chi connectivity index (χ4n) is 0.589. The van der Waals surface area contributed by atoms with Crippen LogP contribution in [0.25, 0.3) is 0 Å². The zero-order chi connectivity index (χ0) is 12.1. The Morgan fingerprint density at radius 3 is 1.93 bits per heavy atom. The number of hydrogen-bond acceptors (Lipinski definition) is 4. The number of ether oxygens (including phenoxy) is 1. The number of carbonyl (C=O) groups excluding carboxylic acids is 2. The second-order valence-corrected chi connectivity index (χ2v) is 8.54. The quantitative estimate of drug-likeness (QED) is 0.541. The predicted octanol–water partition coefficient (Wildman–Crippen LogP) is 2.96. The minimum Gasteiger partial charge on any atom is -0.502 e. The number of carbonyl (C=O) groups is 2. The van der Waals surface area contributed by atoms with Gasteiger partial charge in [0.1, 0.15) is 0 Å². The monoisotopic (exact) mass is 232 g/mol. The lowest BCUT2D eigenvalue weighted by Gasteiger charge is -2.13. The van der Waals surface area contributed by atoms with Gasteiger partial charge in [0.05, 0.1) is 6.10 Å². The highest BCUT2D eigenvalue weighted by Crippen LogP contribution is 2.04. The molecule has 0 bridgehead atoms. The minimum atomic E-state index is -1.98. The Morgan fingerprint density at radius 2 is 1.53 bits per heavy atom. The van der Waals surface area contributed by atoms with Gasteiger partial charge in [-0.25, -0.2) is 9.59 Å². The van der Waals surface area contributed by atoms with Crippen LogP contribution in [-0.2, 0) is 9.16 Å². The van der Waals surface area contributed by atoms with Crippen molar-refractivity contribution in [1.82, 2.24) is 0 Å². The normalized spacial score (nSPS) is 11.9. The summed E-state index contributed by atoms with van der Waals surface area (Å²) < 4.78 is 9.56. The van der Waals surface area contributed by atoms with E-state index in [2.05, 4.69) is 15.0 Å². The lowest BCUT2D eigenvalue weighted by atomic mass is 10.5. The third-order valence-corrected chi connectivity index (χ3v) is 1.73. The first-order chi connectivity index (χ1) is 6.70. The minimum absolute atomic E-state index is 0.288. The SMILES string of the molecule is CC(C)OC(=O)/N=N/C(=O)O[Si](C)(C)C. The summed E-state index contributed by atoms with van der Waals surface area (Å²) in [6.07, 6.45) is -2.03. The Labute approximate surface area is 89.8 Å². The van der Waals surface area contributed by atoms with E-state index in [1.165, 1.54) is 0 Å². The molecular formula is C8H16N2O4Si. The number of hydrogen-bond donors (Lipinski definition) is 0. The van der Waals surface area contributed by atoms with Crippen LogP contribution in [0.15, 0.2) is 10.2 Å². The molecule has 6 nitrogen and oxygen atoms in total. The fraction of sp³-hybridized carbons (Fsp3) is 0.750. The maximum atomic E-state index is 11.0. The van der Waals surface area contributed by atoms with E-state index in [0.717, 1.165) is 0 Å². The van der Waals surface area contributed by atoms with Gasteiger partial charge in [0.15, 0.2) is 0 Å². The van der Waals surface area contributed by atoms with E-state index in [4.69, 9.17) is 4.43 Å². The smallest absolute Gasteiger partial charge is 0.452 e. The Kier molecular flexibility index (Phi) is 5.13. The molecule has 0 radical (unpaired) electrons. The van der Waals surface area contributed by atoms with Crippen molar-refractivity contribution >= 4 is 20.5 Å². The predicted molar refractivity (Wildman–Crippen MR) is 56.3 cm³/mol. The summed E-state index contributed by atoms with van der Waals surface area (Å²) in [5.41, 5.74) is 0. The molecule has 0 saturated heterocycles. The molecule has 0 spiro atoms. The van der Waals surface area contributed by atoms with Crippen molar-refractivity contribution < 1.29 is 18.8 Å². The van der Waals surface area contributed by atoms with E-state index in [-0.39, 0.29) is 6.10 Å². The van der Waals surface area contributed by atoms with Crippen molar-refractivity contribution in [3.8, 4) is 0 Å². The van der Waals surface area contributed by atoms with E-state index in [1.807, 2.05) is 19.6 Å². The van der Waals surface area contributed by atoms with Gasteiger partial charge in [0.25, 0.3) is 0 Å². The van der Waals surface area contributed by atoms with Gasteiger partial charge in [0.2, 0.25) is 8.32 Å². The van der Waals surface area contributed by atoms with E-state index < -0.39 is 20.5 Å². The number of nitrogens with zero attached hydrogens (tertiary/aromatic N) is 2. The van der Waals surface area contributed by atoms with Gasteiger partial charge in [0, 0.05) is 0 Å². The molecule has 0 unspecified atom stereocenters. The van der Waals surface area contributed by atoms with Crippen LogP contribution < -0.4 is 0 Å². The molecule has 0 aromatic heterocycles. The van der Waals surface area contributed by atoms with E-state index in [9.17, 15) is 9.59 Å². The van der Waals surface area contributed by atoms with E-state index in [0.29, 0.717) is 0 Å². The molecule has 15 heavy (non-hydrogen) atoms. The van der Waals surface area contributed by atoms with Gasteiger partial charge in [-0.2, -0.15) is 0 Å². The lowest BCUT2D eigenvalue weighted by Crippen LogP contribution is -2.27. The Balaban J connectivity index is 4.07.